The Balaban J connectivity index is 0.00000261. The van der Waals surface area contributed by atoms with Gasteiger partial charge < -0.3 is 24.8 Å². The fraction of sp³-hybridized carbons (Fsp3) is 0.632. The van der Waals surface area contributed by atoms with Gasteiger partial charge in [-0.3, -0.25) is 9.89 Å². The fourth-order valence-electron chi connectivity index (χ4n) is 3.56. The van der Waals surface area contributed by atoms with E-state index in [0.717, 1.165) is 50.6 Å². The number of aliphatic imine (C=N–C) groups is 1. The van der Waals surface area contributed by atoms with E-state index in [-0.39, 0.29) is 30.1 Å². The molecule has 0 spiro atoms. The fourth-order valence-corrected chi connectivity index (χ4v) is 3.56. The molecule has 1 fully saturated rings. The quantitative estimate of drug-likeness (QED) is 0.385. The van der Waals surface area contributed by atoms with E-state index < -0.39 is 0 Å². The summed E-state index contributed by atoms with van der Waals surface area (Å²) in [6, 6.07) is 4.19. The lowest BCUT2D eigenvalue weighted by Crippen LogP contribution is -2.48. The molecule has 3 rings (SSSR count). The molecule has 2 heterocycles. The average Bonchev–Trinajstić information content (AvgIpc) is 2.66. The number of rotatable bonds is 5. The monoisotopic (exact) mass is 490 g/mol. The average molecular weight is 490 g/mol. The summed E-state index contributed by atoms with van der Waals surface area (Å²) in [5.74, 6) is 2.22. The minimum absolute atomic E-state index is 0. The van der Waals surface area contributed by atoms with Crippen LogP contribution in [0.1, 0.15) is 18.1 Å². The highest BCUT2D eigenvalue weighted by molar-refractivity contribution is 14.0. The minimum Gasteiger partial charge on any atom is -0.493 e. The molecule has 27 heavy (non-hydrogen) atoms. The number of methoxy groups -OCH3 is 2. The number of guanidine groups is 1. The van der Waals surface area contributed by atoms with Crippen LogP contribution in [0.3, 0.4) is 0 Å². The topological polar surface area (TPSA) is 72.5 Å². The normalized spacial score (nSPS) is 20.6. The number of nitrogens with zero attached hydrogens (tertiary/aromatic N) is 3. The van der Waals surface area contributed by atoms with Gasteiger partial charge in [0.05, 0.1) is 33.5 Å². The highest BCUT2D eigenvalue weighted by Gasteiger charge is 2.20. The van der Waals surface area contributed by atoms with Crippen LogP contribution in [0.25, 0.3) is 0 Å². The van der Waals surface area contributed by atoms with E-state index in [0.29, 0.717) is 19.1 Å². The smallest absolute Gasteiger partial charge is 0.191 e. The van der Waals surface area contributed by atoms with Crippen LogP contribution in [0.15, 0.2) is 17.1 Å². The maximum Gasteiger partial charge on any atom is 0.191 e. The molecule has 2 aliphatic rings. The Morgan fingerprint density at radius 2 is 1.93 bits per heavy atom. The van der Waals surface area contributed by atoms with Crippen LogP contribution in [0, 0.1) is 0 Å². The van der Waals surface area contributed by atoms with Crippen LogP contribution in [0.4, 0.5) is 0 Å². The van der Waals surface area contributed by atoms with Crippen molar-refractivity contribution in [1.29, 1.82) is 0 Å². The zero-order valence-electron chi connectivity index (χ0n) is 16.4. The van der Waals surface area contributed by atoms with Crippen molar-refractivity contribution in [3.63, 3.8) is 0 Å². The van der Waals surface area contributed by atoms with E-state index in [1.54, 1.807) is 14.2 Å². The molecule has 0 aliphatic carbocycles. The zero-order valence-corrected chi connectivity index (χ0v) is 18.8. The number of nitrogens with two attached hydrogens (primary N) is 1. The Morgan fingerprint density at radius 3 is 2.59 bits per heavy atom. The van der Waals surface area contributed by atoms with E-state index in [9.17, 15) is 0 Å². The highest BCUT2D eigenvalue weighted by Crippen LogP contribution is 2.33. The van der Waals surface area contributed by atoms with Gasteiger partial charge >= 0.3 is 0 Å². The lowest BCUT2D eigenvalue weighted by Gasteiger charge is -2.32. The molecule has 152 valence electrons. The van der Waals surface area contributed by atoms with E-state index in [4.69, 9.17) is 19.9 Å². The van der Waals surface area contributed by atoms with Gasteiger partial charge in [-0.25, -0.2) is 0 Å². The van der Waals surface area contributed by atoms with Gasteiger partial charge in [0.15, 0.2) is 17.5 Å². The molecule has 0 amide bonds. The van der Waals surface area contributed by atoms with Crippen molar-refractivity contribution in [3.8, 4) is 11.5 Å². The van der Waals surface area contributed by atoms with E-state index in [1.165, 1.54) is 11.1 Å². The molecule has 0 radical (unpaired) electrons. The van der Waals surface area contributed by atoms with Gasteiger partial charge in [-0.1, -0.05) is 0 Å². The number of morpholine rings is 1. The van der Waals surface area contributed by atoms with Crippen molar-refractivity contribution in [3.05, 3.63) is 23.3 Å². The number of fused-ring (bicyclic) bond motifs is 1. The Morgan fingerprint density at radius 1 is 1.22 bits per heavy atom. The minimum atomic E-state index is 0. The zero-order chi connectivity index (χ0) is 18.5. The molecule has 8 heteroatoms. The number of benzene rings is 1. The van der Waals surface area contributed by atoms with E-state index in [2.05, 4.69) is 33.8 Å². The van der Waals surface area contributed by atoms with Gasteiger partial charge in [-0.15, -0.1) is 24.0 Å². The Bertz CT molecular complexity index is 656. The molecule has 0 saturated carbocycles. The van der Waals surface area contributed by atoms with Crippen molar-refractivity contribution in [2.75, 3.05) is 53.6 Å². The van der Waals surface area contributed by atoms with Crippen molar-refractivity contribution in [1.82, 2.24) is 9.80 Å². The van der Waals surface area contributed by atoms with Gasteiger partial charge in [0.2, 0.25) is 0 Å². The number of hydrogen-bond donors (Lipinski definition) is 1. The summed E-state index contributed by atoms with van der Waals surface area (Å²) in [5.41, 5.74) is 8.78. The first-order valence-electron chi connectivity index (χ1n) is 9.23. The largest absolute Gasteiger partial charge is 0.493 e. The second-order valence-corrected chi connectivity index (χ2v) is 6.87. The second kappa shape index (κ2) is 10.3. The van der Waals surface area contributed by atoms with Gasteiger partial charge in [-0.05, 0) is 36.6 Å². The lowest BCUT2D eigenvalue weighted by atomic mass is 9.99. The van der Waals surface area contributed by atoms with Crippen LogP contribution in [0.5, 0.6) is 11.5 Å². The molecule has 0 aromatic heterocycles. The van der Waals surface area contributed by atoms with Crippen molar-refractivity contribution >= 4 is 29.9 Å². The summed E-state index contributed by atoms with van der Waals surface area (Å²) in [6.45, 7) is 7.94. The summed E-state index contributed by atoms with van der Waals surface area (Å²) in [4.78, 5) is 9.09. The molecule has 7 nitrogen and oxygen atoms in total. The first-order chi connectivity index (χ1) is 12.6. The third-order valence-corrected chi connectivity index (χ3v) is 5.05. The van der Waals surface area contributed by atoms with E-state index >= 15 is 0 Å². The third kappa shape index (κ3) is 5.61. The Hall–Kier alpha value is -1.26. The standard InChI is InChI=1S/C19H30N4O3.HI/c1-14-12-23(8-9-26-14)19(20)21-5-7-22-6-4-15-10-17(24-2)18(25-3)11-16(15)13-22;/h10-11,14H,4-9,12-13H2,1-3H3,(H2,20,21);1H. The molecular weight excluding hydrogens is 459 g/mol. The predicted molar refractivity (Wildman–Crippen MR) is 117 cm³/mol. The number of hydrogen-bond acceptors (Lipinski definition) is 5. The van der Waals surface area contributed by atoms with Crippen molar-refractivity contribution < 1.29 is 14.2 Å². The van der Waals surface area contributed by atoms with Crippen molar-refractivity contribution in [2.24, 2.45) is 10.7 Å². The molecule has 1 unspecified atom stereocenters. The molecule has 1 aromatic carbocycles. The SMILES string of the molecule is COc1cc2c(cc1OC)CN(CCN=C(N)N1CCOC(C)C1)CC2.I. The van der Waals surface area contributed by atoms with Gasteiger partial charge in [-0.2, -0.15) is 0 Å². The first-order valence-corrected chi connectivity index (χ1v) is 9.23. The molecule has 1 aromatic rings. The molecule has 1 atom stereocenters. The van der Waals surface area contributed by atoms with Crippen LogP contribution in [0.2, 0.25) is 0 Å². The van der Waals surface area contributed by atoms with Crippen LogP contribution in [-0.4, -0.2) is 75.4 Å². The van der Waals surface area contributed by atoms with Crippen molar-refractivity contribution in [2.45, 2.75) is 26.0 Å². The third-order valence-electron chi connectivity index (χ3n) is 5.05. The lowest BCUT2D eigenvalue weighted by molar-refractivity contribution is 0.00528. The predicted octanol–water partition coefficient (Wildman–Crippen LogP) is 1.72. The molecule has 0 bridgehead atoms. The molecule has 2 aliphatic heterocycles. The maximum atomic E-state index is 6.14. The molecule has 1 saturated heterocycles. The second-order valence-electron chi connectivity index (χ2n) is 6.87. The summed E-state index contributed by atoms with van der Waals surface area (Å²) in [6.07, 6.45) is 1.22. The molecule has 2 N–H and O–H groups in total. The summed E-state index contributed by atoms with van der Waals surface area (Å²) >= 11 is 0. The van der Waals surface area contributed by atoms with Crippen LogP contribution < -0.4 is 15.2 Å². The van der Waals surface area contributed by atoms with Gasteiger partial charge in [0.1, 0.15) is 0 Å². The summed E-state index contributed by atoms with van der Waals surface area (Å²) in [5, 5.41) is 0. The van der Waals surface area contributed by atoms with E-state index in [1.807, 2.05) is 0 Å². The van der Waals surface area contributed by atoms with Crippen LogP contribution in [-0.2, 0) is 17.7 Å². The maximum absolute atomic E-state index is 6.14. The Kier molecular flexibility index (Phi) is 8.43. The highest BCUT2D eigenvalue weighted by atomic mass is 127. The molecular formula is C19H31IN4O3. The number of ether oxygens (including phenoxy) is 3. The first kappa shape index (κ1) is 22.0. The van der Waals surface area contributed by atoms with Gasteiger partial charge in [0.25, 0.3) is 0 Å². The summed E-state index contributed by atoms with van der Waals surface area (Å²) in [7, 11) is 3.35. The van der Waals surface area contributed by atoms with Gasteiger partial charge in [0, 0.05) is 32.7 Å². The van der Waals surface area contributed by atoms with Crippen LogP contribution >= 0.6 is 24.0 Å². The number of halogens is 1. The Labute approximate surface area is 178 Å². The summed E-state index contributed by atoms with van der Waals surface area (Å²) < 4.78 is 16.4.